The number of hydrogen-bond acceptors (Lipinski definition) is 4. The smallest absolute Gasteiger partial charge is 0.249 e. The number of amides is 2. The summed E-state index contributed by atoms with van der Waals surface area (Å²) in [4.78, 5) is 24.9. The van der Waals surface area contributed by atoms with E-state index in [1.54, 1.807) is 22.5 Å². The molecule has 6 nitrogen and oxygen atoms in total. The Morgan fingerprint density at radius 2 is 1.77 bits per heavy atom. The van der Waals surface area contributed by atoms with Crippen LogP contribution in [0.25, 0.3) is 6.08 Å². The van der Waals surface area contributed by atoms with Crippen LogP contribution < -0.4 is 10.6 Å². The Morgan fingerprint density at radius 1 is 1.03 bits per heavy atom. The zero-order chi connectivity index (χ0) is 20.8. The molecule has 2 amide bonds. The van der Waals surface area contributed by atoms with Crippen LogP contribution in [-0.4, -0.2) is 21.6 Å². The third kappa shape index (κ3) is 4.99. The lowest BCUT2D eigenvalue weighted by Crippen LogP contribution is -2.28. The van der Waals surface area contributed by atoms with E-state index in [1.165, 1.54) is 6.08 Å². The average Bonchev–Trinajstić information content (AvgIpc) is 3.35. The van der Waals surface area contributed by atoms with Gasteiger partial charge in [-0.15, -0.1) is 0 Å². The molecule has 152 valence electrons. The molecule has 0 unspecified atom stereocenters. The van der Waals surface area contributed by atoms with Gasteiger partial charge in [-0.1, -0.05) is 60.7 Å². The van der Waals surface area contributed by atoms with Crippen molar-refractivity contribution in [3.8, 4) is 0 Å². The van der Waals surface area contributed by atoms with E-state index >= 15 is 0 Å². The predicted octanol–water partition coefficient (Wildman–Crippen LogP) is 3.60. The summed E-state index contributed by atoms with van der Waals surface area (Å²) in [5.74, 6) is 1.77. The van der Waals surface area contributed by atoms with E-state index in [-0.39, 0.29) is 18.4 Å². The second kappa shape index (κ2) is 9.45. The molecule has 3 aromatic rings. The summed E-state index contributed by atoms with van der Waals surface area (Å²) >= 11 is 1.75. The number of carbonyl (C=O) groups is 2. The maximum atomic E-state index is 12.5. The Labute approximate surface area is 179 Å². The fourth-order valence-corrected chi connectivity index (χ4v) is 4.24. The molecule has 0 saturated carbocycles. The van der Waals surface area contributed by atoms with Crippen molar-refractivity contribution in [2.45, 2.75) is 24.6 Å². The molecule has 2 aromatic carbocycles. The van der Waals surface area contributed by atoms with Crippen molar-refractivity contribution < 1.29 is 9.59 Å². The molecule has 0 saturated heterocycles. The van der Waals surface area contributed by atoms with Crippen LogP contribution in [-0.2, 0) is 34.2 Å². The second-order valence-electron chi connectivity index (χ2n) is 6.92. The topological polar surface area (TPSA) is 76.0 Å². The van der Waals surface area contributed by atoms with Gasteiger partial charge in [0, 0.05) is 29.7 Å². The van der Waals surface area contributed by atoms with Gasteiger partial charge in [-0.05, 0) is 17.2 Å². The largest absolute Gasteiger partial charge is 0.350 e. The van der Waals surface area contributed by atoms with Crippen molar-refractivity contribution in [3.63, 3.8) is 0 Å². The highest BCUT2D eigenvalue weighted by atomic mass is 32.2. The highest BCUT2D eigenvalue weighted by Gasteiger charge is 2.24. The third-order valence-electron chi connectivity index (χ3n) is 4.71. The van der Waals surface area contributed by atoms with Crippen molar-refractivity contribution in [1.82, 2.24) is 15.1 Å². The van der Waals surface area contributed by atoms with Crippen molar-refractivity contribution in [3.05, 3.63) is 89.1 Å². The van der Waals surface area contributed by atoms with Crippen LogP contribution in [0.1, 0.15) is 22.4 Å². The fourth-order valence-electron chi connectivity index (χ4n) is 3.20. The summed E-state index contributed by atoms with van der Waals surface area (Å²) in [7, 11) is 0. The number of thioether (sulfide) groups is 1. The highest BCUT2D eigenvalue weighted by Crippen LogP contribution is 2.34. The number of rotatable bonds is 7. The normalized spacial score (nSPS) is 12.7. The third-order valence-corrected chi connectivity index (χ3v) is 5.68. The number of benzene rings is 2. The van der Waals surface area contributed by atoms with Crippen molar-refractivity contribution >= 4 is 35.5 Å². The Hall–Kier alpha value is -3.32. The molecule has 1 aliphatic rings. The standard InChI is InChI=1S/C23H22N4O2S/c28-21(12-11-17-7-3-1-4-8-17)25-23-19-15-30-16-20(19)26-27(23)14-22(29)24-13-18-9-5-2-6-10-18/h1-12H,13-16H2,(H,24,29)(H,25,28)/b12-11-. The lowest BCUT2D eigenvalue weighted by molar-refractivity contribution is -0.122. The fraction of sp³-hybridized carbons (Fsp3) is 0.174. The van der Waals surface area contributed by atoms with E-state index in [9.17, 15) is 9.59 Å². The lowest BCUT2D eigenvalue weighted by atomic mass is 10.2. The van der Waals surface area contributed by atoms with E-state index in [2.05, 4.69) is 15.7 Å². The van der Waals surface area contributed by atoms with Crippen molar-refractivity contribution in [1.29, 1.82) is 0 Å². The zero-order valence-corrected chi connectivity index (χ0v) is 17.2. The monoisotopic (exact) mass is 418 g/mol. The zero-order valence-electron chi connectivity index (χ0n) is 16.4. The summed E-state index contributed by atoms with van der Waals surface area (Å²) in [6.07, 6.45) is 3.26. The summed E-state index contributed by atoms with van der Waals surface area (Å²) in [6, 6.07) is 19.4. The van der Waals surface area contributed by atoms with Crippen LogP contribution in [0.3, 0.4) is 0 Å². The molecule has 1 aliphatic heterocycles. The van der Waals surface area contributed by atoms with Gasteiger partial charge < -0.3 is 10.6 Å². The summed E-state index contributed by atoms with van der Waals surface area (Å²) in [5, 5.41) is 10.4. The van der Waals surface area contributed by atoms with Gasteiger partial charge in [-0.3, -0.25) is 9.59 Å². The van der Waals surface area contributed by atoms with Gasteiger partial charge in [0.05, 0.1) is 5.69 Å². The summed E-state index contributed by atoms with van der Waals surface area (Å²) < 4.78 is 1.60. The van der Waals surface area contributed by atoms with Crippen molar-refractivity contribution in [2.24, 2.45) is 0 Å². The molecule has 0 fully saturated rings. The van der Waals surface area contributed by atoms with Gasteiger partial charge in [-0.2, -0.15) is 16.9 Å². The number of anilines is 1. The average molecular weight is 419 g/mol. The molecule has 1 aromatic heterocycles. The summed E-state index contributed by atoms with van der Waals surface area (Å²) in [6.45, 7) is 0.514. The van der Waals surface area contributed by atoms with E-state index in [0.717, 1.165) is 33.9 Å². The quantitative estimate of drug-likeness (QED) is 0.575. The van der Waals surface area contributed by atoms with Gasteiger partial charge >= 0.3 is 0 Å². The molecule has 0 radical (unpaired) electrons. The SMILES string of the molecule is O=C(/C=C\c1ccccc1)Nc1c2c(nn1CC(=O)NCc1ccccc1)CSC2. The van der Waals surface area contributed by atoms with E-state index in [0.29, 0.717) is 12.4 Å². The first-order valence-corrected chi connectivity index (χ1v) is 10.9. The number of nitrogens with one attached hydrogen (secondary N) is 2. The van der Waals surface area contributed by atoms with E-state index in [1.807, 2.05) is 60.7 Å². The van der Waals surface area contributed by atoms with E-state index < -0.39 is 0 Å². The maximum Gasteiger partial charge on any atom is 0.249 e. The van der Waals surface area contributed by atoms with Crippen LogP contribution in [0.15, 0.2) is 66.7 Å². The minimum Gasteiger partial charge on any atom is -0.350 e. The van der Waals surface area contributed by atoms with Crippen LogP contribution in [0.5, 0.6) is 0 Å². The molecule has 0 atom stereocenters. The van der Waals surface area contributed by atoms with Gasteiger partial charge in [-0.25, -0.2) is 4.68 Å². The molecule has 0 aliphatic carbocycles. The number of carbonyl (C=O) groups excluding carboxylic acids is 2. The Kier molecular flexibility index (Phi) is 6.29. The Bertz CT molecular complexity index is 1060. The molecular weight excluding hydrogens is 396 g/mol. The first kappa shape index (κ1) is 20.0. The first-order chi connectivity index (χ1) is 14.7. The molecule has 0 spiro atoms. The second-order valence-corrected chi connectivity index (χ2v) is 7.91. The van der Waals surface area contributed by atoms with Gasteiger partial charge in [0.15, 0.2) is 0 Å². The Balaban J connectivity index is 1.43. The number of aromatic nitrogens is 2. The summed E-state index contributed by atoms with van der Waals surface area (Å²) in [5.41, 5.74) is 3.91. The molecule has 30 heavy (non-hydrogen) atoms. The lowest BCUT2D eigenvalue weighted by Gasteiger charge is -2.10. The number of nitrogens with zero attached hydrogens (tertiary/aromatic N) is 2. The minimum absolute atomic E-state index is 0.0580. The van der Waals surface area contributed by atoms with E-state index in [4.69, 9.17) is 0 Å². The molecule has 2 heterocycles. The van der Waals surface area contributed by atoms with Crippen LogP contribution in [0, 0.1) is 0 Å². The number of fused-ring (bicyclic) bond motifs is 1. The highest BCUT2D eigenvalue weighted by molar-refractivity contribution is 7.98. The predicted molar refractivity (Wildman–Crippen MR) is 120 cm³/mol. The molecule has 0 bridgehead atoms. The Morgan fingerprint density at radius 3 is 2.53 bits per heavy atom. The van der Waals surface area contributed by atoms with Crippen LogP contribution in [0.2, 0.25) is 0 Å². The minimum atomic E-state index is -0.246. The molecule has 4 rings (SSSR count). The maximum absolute atomic E-state index is 12.5. The van der Waals surface area contributed by atoms with Gasteiger partial charge in [0.2, 0.25) is 11.8 Å². The first-order valence-electron chi connectivity index (χ1n) is 9.70. The molecule has 7 heteroatoms. The van der Waals surface area contributed by atoms with Crippen LogP contribution >= 0.6 is 11.8 Å². The van der Waals surface area contributed by atoms with Gasteiger partial charge in [0.25, 0.3) is 0 Å². The number of hydrogen-bond donors (Lipinski definition) is 2. The molecular formula is C23H22N4O2S. The van der Waals surface area contributed by atoms with Gasteiger partial charge in [0.1, 0.15) is 12.4 Å². The van der Waals surface area contributed by atoms with Crippen molar-refractivity contribution in [2.75, 3.05) is 5.32 Å². The molecule has 2 N–H and O–H groups in total. The van der Waals surface area contributed by atoms with Crippen LogP contribution in [0.4, 0.5) is 5.82 Å².